The molecule has 3 saturated heterocycles. The minimum atomic E-state index is 0.293. The molecule has 0 amide bonds. The molecule has 0 atom stereocenters. The number of fused-ring (bicyclic) bond motifs is 6. The lowest BCUT2D eigenvalue weighted by Crippen LogP contribution is -2.61. The molecule has 4 nitrogen and oxygen atoms in total. The maximum Gasteiger partial charge on any atom is 0.180 e. The summed E-state index contributed by atoms with van der Waals surface area (Å²) in [5.74, 6) is 0. The lowest BCUT2D eigenvalue weighted by molar-refractivity contribution is -0.0431. The predicted molar refractivity (Wildman–Crippen MR) is 84.8 cm³/mol. The number of rotatable bonds is 3. The van der Waals surface area contributed by atoms with Gasteiger partial charge < -0.3 is 14.7 Å². The van der Waals surface area contributed by atoms with Gasteiger partial charge in [-0.1, -0.05) is 18.2 Å². The SMILES string of the molecule is C/C=C/N1CCN2CCN(/C=C/C)C1N(/C=C/C)CC2. The molecule has 0 aromatic heterocycles. The van der Waals surface area contributed by atoms with Crippen LogP contribution in [0.25, 0.3) is 0 Å². The largest absolute Gasteiger partial charge is 0.340 e. The maximum atomic E-state index is 2.57. The Kier molecular flexibility index (Phi) is 5.53. The van der Waals surface area contributed by atoms with Crippen molar-refractivity contribution in [1.82, 2.24) is 19.6 Å². The van der Waals surface area contributed by atoms with Crippen LogP contribution in [0.4, 0.5) is 0 Å². The van der Waals surface area contributed by atoms with Crippen molar-refractivity contribution in [2.24, 2.45) is 0 Å². The van der Waals surface area contributed by atoms with Gasteiger partial charge in [0.05, 0.1) is 0 Å². The first-order valence-electron chi connectivity index (χ1n) is 7.68. The van der Waals surface area contributed by atoms with E-state index in [0.717, 1.165) is 39.3 Å². The number of allylic oxidation sites excluding steroid dienone is 3. The van der Waals surface area contributed by atoms with E-state index < -0.39 is 0 Å². The van der Waals surface area contributed by atoms with Crippen LogP contribution in [0.3, 0.4) is 0 Å². The van der Waals surface area contributed by atoms with Gasteiger partial charge in [-0.2, -0.15) is 0 Å². The topological polar surface area (TPSA) is 13.0 Å². The standard InChI is InChI=1S/C16H28N4/c1-4-7-18-13-10-17-11-14-19(8-5-2)16(18)20(9-6-3)15-12-17/h4-9,16H,10-15H2,1-3H3/b7-4+,8-5+,9-6+. The van der Waals surface area contributed by atoms with Crippen molar-refractivity contribution in [3.8, 4) is 0 Å². The Morgan fingerprint density at radius 1 is 0.600 bits per heavy atom. The fraction of sp³-hybridized carbons (Fsp3) is 0.625. The highest BCUT2D eigenvalue weighted by atomic mass is 15.5. The van der Waals surface area contributed by atoms with E-state index in [-0.39, 0.29) is 0 Å². The van der Waals surface area contributed by atoms with Gasteiger partial charge in [-0.05, 0) is 39.4 Å². The molecule has 3 heterocycles. The van der Waals surface area contributed by atoms with Gasteiger partial charge in [-0.15, -0.1) is 0 Å². The molecule has 4 heteroatoms. The summed E-state index contributed by atoms with van der Waals surface area (Å²) in [7, 11) is 0. The van der Waals surface area contributed by atoms with Crippen molar-refractivity contribution in [3.63, 3.8) is 0 Å². The minimum Gasteiger partial charge on any atom is -0.340 e. The van der Waals surface area contributed by atoms with Crippen LogP contribution < -0.4 is 0 Å². The van der Waals surface area contributed by atoms with E-state index in [1.807, 2.05) is 0 Å². The molecule has 2 bridgehead atoms. The van der Waals surface area contributed by atoms with Gasteiger partial charge in [0.1, 0.15) is 0 Å². The molecular formula is C16H28N4. The Morgan fingerprint density at radius 3 is 1.25 bits per heavy atom. The molecule has 0 saturated carbocycles. The zero-order chi connectivity index (χ0) is 14.4. The van der Waals surface area contributed by atoms with E-state index >= 15 is 0 Å². The highest BCUT2D eigenvalue weighted by Gasteiger charge is 2.31. The van der Waals surface area contributed by atoms with Crippen molar-refractivity contribution in [2.75, 3.05) is 39.3 Å². The number of hydrogen-bond donors (Lipinski definition) is 0. The van der Waals surface area contributed by atoms with E-state index in [1.54, 1.807) is 0 Å². The van der Waals surface area contributed by atoms with Crippen molar-refractivity contribution in [2.45, 2.75) is 27.1 Å². The molecule has 3 aliphatic heterocycles. The molecular weight excluding hydrogens is 248 g/mol. The summed E-state index contributed by atoms with van der Waals surface area (Å²) < 4.78 is 0. The first kappa shape index (κ1) is 15.0. The third kappa shape index (κ3) is 3.37. The van der Waals surface area contributed by atoms with Crippen LogP contribution in [0.5, 0.6) is 0 Å². The average Bonchev–Trinajstić information content (AvgIpc) is 2.40. The van der Waals surface area contributed by atoms with Crippen molar-refractivity contribution in [3.05, 3.63) is 36.8 Å². The molecule has 112 valence electrons. The molecule has 0 spiro atoms. The van der Waals surface area contributed by atoms with Crippen LogP contribution in [0.1, 0.15) is 20.8 Å². The maximum absolute atomic E-state index is 2.57. The molecule has 0 N–H and O–H groups in total. The number of nitrogens with zero attached hydrogens (tertiary/aromatic N) is 4. The lowest BCUT2D eigenvalue weighted by Gasteiger charge is -2.50. The second-order valence-corrected chi connectivity index (χ2v) is 5.35. The molecule has 0 radical (unpaired) electrons. The number of hydrogen-bond acceptors (Lipinski definition) is 4. The summed E-state index contributed by atoms with van der Waals surface area (Å²) in [5, 5.41) is 0. The Labute approximate surface area is 123 Å². The summed E-state index contributed by atoms with van der Waals surface area (Å²) in [4.78, 5) is 9.92. The molecule has 3 rings (SSSR count). The summed E-state index contributed by atoms with van der Waals surface area (Å²) in [6.45, 7) is 13.0. The van der Waals surface area contributed by atoms with Gasteiger partial charge in [0.2, 0.25) is 0 Å². The summed E-state index contributed by atoms with van der Waals surface area (Å²) in [6.07, 6.45) is 13.4. The molecule has 0 aliphatic carbocycles. The monoisotopic (exact) mass is 276 g/mol. The van der Waals surface area contributed by atoms with Gasteiger partial charge >= 0.3 is 0 Å². The van der Waals surface area contributed by atoms with Crippen LogP contribution in [0, 0.1) is 0 Å². The second-order valence-electron chi connectivity index (χ2n) is 5.35. The van der Waals surface area contributed by atoms with Crippen LogP contribution in [0.15, 0.2) is 36.8 Å². The Hall–Kier alpha value is -1.42. The van der Waals surface area contributed by atoms with Gasteiger partial charge in [0, 0.05) is 39.3 Å². The molecule has 20 heavy (non-hydrogen) atoms. The summed E-state index contributed by atoms with van der Waals surface area (Å²) >= 11 is 0. The van der Waals surface area contributed by atoms with E-state index in [4.69, 9.17) is 0 Å². The van der Waals surface area contributed by atoms with Crippen molar-refractivity contribution < 1.29 is 0 Å². The fourth-order valence-electron chi connectivity index (χ4n) is 3.05. The van der Waals surface area contributed by atoms with Gasteiger partial charge in [-0.3, -0.25) is 4.90 Å². The van der Waals surface area contributed by atoms with Crippen LogP contribution in [-0.4, -0.2) is 65.2 Å². The van der Waals surface area contributed by atoms with Crippen LogP contribution in [0.2, 0.25) is 0 Å². The van der Waals surface area contributed by atoms with E-state index in [1.165, 1.54) is 0 Å². The summed E-state index contributed by atoms with van der Waals surface area (Å²) in [5.41, 5.74) is 0. The zero-order valence-electron chi connectivity index (χ0n) is 13.1. The molecule has 0 aromatic rings. The molecule has 3 fully saturated rings. The summed E-state index contributed by atoms with van der Waals surface area (Å²) in [6, 6.07) is 0. The normalized spacial score (nSPS) is 28.6. The Morgan fingerprint density at radius 2 is 0.950 bits per heavy atom. The molecule has 0 aromatic carbocycles. The average molecular weight is 276 g/mol. The third-order valence-corrected chi connectivity index (χ3v) is 3.93. The first-order chi connectivity index (χ1) is 9.80. The fourth-order valence-corrected chi connectivity index (χ4v) is 3.05. The van der Waals surface area contributed by atoms with E-state index in [2.05, 4.69) is 77.2 Å². The van der Waals surface area contributed by atoms with Gasteiger partial charge in [0.15, 0.2) is 6.29 Å². The predicted octanol–water partition coefficient (Wildman–Crippen LogP) is 2.11. The van der Waals surface area contributed by atoms with Crippen molar-refractivity contribution >= 4 is 0 Å². The van der Waals surface area contributed by atoms with E-state index in [0.29, 0.717) is 6.29 Å². The van der Waals surface area contributed by atoms with E-state index in [9.17, 15) is 0 Å². The first-order valence-corrected chi connectivity index (χ1v) is 7.68. The van der Waals surface area contributed by atoms with Gasteiger partial charge in [-0.25, -0.2) is 0 Å². The quantitative estimate of drug-likeness (QED) is 0.782. The smallest absolute Gasteiger partial charge is 0.180 e. The Balaban J connectivity index is 2.35. The minimum absolute atomic E-state index is 0.293. The molecule has 0 unspecified atom stereocenters. The van der Waals surface area contributed by atoms with Crippen LogP contribution in [-0.2, 0) is 0 Å². The lowest BCUT2D eigenvalue weighted by atomic mass is 10.2. The van der Waals surface area contributed by atoms with Crippen molar-refractivity contribution in [1.29, 1.82) is 0 Å². The second kappa shape index (κ2) is 7.39. The third-order valence-electron chi connectivity index (χ3n) is 3.93. The molecule has 3 aliphatic rings. The van der Waals surface area contributed by atoms with Gasteiger partial charge in [0.25, 0.3) is 0 Å². The highest BCUT2D eigenvalue weighted by molar-refractivity contribution is 4.97. The highest BCUT2D eigenvalue weighted by Crippen LogP contribution is 2.19. The zero-order valence-corrected chi connectivity index (χ0v) is 13.1. The van der Waals surface area contributed by atoms with Crippen LogP contribution >= 0.6 is 0 Å². The Bertz CT molecular complexity index is 318.